The van der Waals surface area contributed by atoms with Crippen LogP contribution in [0.15, 0.2) is 101 Å². The van der Waals surface area contributed by atoms with E-state index < -0.39 is 6.04 Å². The standard InChI is InChI=1S/C32H30N2O4.CH3Cl/c1-36-30(35)18-25-11-5-6-13-28(25)37-20-22-15-26-17-29(31(34)23-9-3-2-4-10-23)38-32(26)27(16-22)24-12-7-8-21(14-24)19-33;1-2/h2-17,31H,18-20,33-34H2,1H3;1H3. The molecule has 1 unspecified atom stereocenters. The van der Waals surface area contributed by atoms with Crippen LogP contribution in [0.5, 0.6) is 5.75 Å². The van der Waals surface area contributed by atoms with Gasteiger partial charge in [-0.3, -0.25) is 4.79 Å². The minimum Gasteiger partial charge on any atom is -0.489 e. The fourth-order valence-electron chi connectivity index (χ4n) is 4.56. The van der Waals surface area contributed by atoms with Crippen molar-refractivity contribution in [3.8, 4) is 16.9 Å². The molecule has 7 heteroatoms. The van der Waals surface area contributed by atoms with Crippen LogP contribution < -0.4 is 16.2 Å². The Morgan fingerprint density at radius 3 is 2.40 bits per heavy atom. The number of furan rings is 1. The van der Waals surface area contributed by atoms with Crippen molar-refractivity contribution in [3.05, 3.63) is 125 Å². The summed E-state index contributed by atoms with van der Waals surface area (Å²) in [5.74, 6) is 1.01. The Balaban J connectivity index is 0.00000181. The van der Waals surface area contributed by atoms with E-state index in [1.165, 1.54) is 13.5 Å². The Kier molecular flexibility index (Phi) is 9.97. The number of hydrogen-bond donors (Lipinski definition) is 2. The number of halogens is 1. The lowest BCUT2D eigenvalue weighted by Gasteiger charge is -2.13. The maximum atomic E-state index is 11.9. The first-order valence-electron chi connectivity index (χ1n) is 12.9. The van der Waals surface area contributed by atoms with Crippen LogP contribution in [-0.2, 0) is 29.1 Å². The highest BCUT2D eigenvalue weighted by Crippen LogP contribution is 2.36. The monoisotopic (exact) mass is 556 g/mol. The minimum atomic E-state index is -0.392. The second-order valence-electron chi connectivity index (χ2n) is 9.15. The number of alkyl halides is 1. The van der Waals surface area contributed by atoms with Crippen molar-refractivity contribution < 1.29 is 18.7 Å². The van der Waals surface area contributed by atoms with E-state index in [-0.39, 0.29) is 12.4 Å². The number of ether oxygens (including phenoxy) is 2. The van der Waals surface area contributed by atoms with Crippen LogP contribution in [0.1, 0.15) is 34.1 Å². The van der Waals surface area contributed by atoms with Gasteiger partial charge in [-0.1, -0.05) is 66.7 Å². The number of fused-ring (bicyclic) bond motifs is 1. The third-order valence-corrected chi connectivity index (χ3v) is 6.56. The highest BCUT2D eigenvalue weighted by Gasteiger charge is 2.18. The van der Waals surface area contributed by atoms with Gasteiger partial charge in [-0.15, -0.1) is 11.6 Å². The van der Waals surface area contributed by atoms with Gasteiger partial charge in [0.15, 0.2) is 0 Å². The van der Waals surface area contributed by atoms with E-state index in [1.54, 1.807) is 0 Å². The van der Waals surface area contributed by atoms with Crippen molar-refractivity contribution in [3.63, 3.8) is 0 Å². The SMILES string of the molecule is CCl.COC(=O)Cc1ccccc1OCc1cc(-c2cccc(CN)c2)c2oc(C(N)c3ccccc3)cc2c1. The summed E-state index contributed by atoms with van der Waals surface area (Å²) in [4.78, 5) is 11.9. The van der Waals surface area contributed by atoms with Gasteiger partial charge in [0.2, 0.25) is 0 Å². The number of nitrogens with two attached hydrogens (primary N) is 2. The molecule has 0 bridgehead atoms. The zero-order chi connectivity index (χ0) is 28.5. The van der Waals surface area contributed by atoms with Crippen LogP contribution in [0.2, 0.25) is 0 Å². The van der Waals surface area contributed by atoms with Crippen LogP contribution in [-0.4, -0.2) is 19.5 Å². The van der Waals surface area contributed by atoms with Gasteiger partial charge in [0.05, 0.1) is 19.6 Å². The zero-order valence-electron chi connectivity index (χ0n) is 22.6. The number of esters is 1. The van der Waals surface area contributed by atoms with Gasteiger partial charge in [-0.05, 0) is 52.6 Å². The van der Waals surface area contributed by atoms with Gasteiger partial charge in [-0.25, -0.2) is 0 Å². The number of rotatable bonds is 9. The number of benzene rings is 4. The van der Waals surface area contributed by atoms with Crippen LogP contribution in [0.4, 0.5) is 0 Å². The van der Waals surface area contributed by atoms with E-state index >= 15 is 0 Å². The van der Waals surface area contributed by atoms with E-state index in [9.17, 15) is 4.79 Å². The van der Waals surface area contributed by atoms with Crippen molar-refractivity contribution in [2.24, 2.45) is 11.5 Å². The molecule has 0 aliphatic heterocycles. The number of hydrogen-bond acceptors (Lipinski definition) is 6. The molecule has 1 aromatic heterocycles. The summed E-state index contributed by atoms with van der Waals surface area (Å²) >= 11 is 4.64. The fourth-order valence-corrected chi connectivity index (χ4v) is 4.56. The summed E-state index contributed by atoms with van der Waals surface area (Å²) in [5, 5.41) is 0.934. The lowest BCUT2D eigenvalue weighted by Crippen LogP contribution is -2.10. The van der Waals surface area contributed by atoms with Crippen molar-refractivity contribution in [1.82, 2.24) is 0 Å². The Bertz CT molecular complexity index is 1570. The summed E-state index contributed by atoms with van der Waals surface area (Å²) in [5.41, 5.74) is 18.9. The molecule has 5 aromatic rings. The number of carbonyl (C=O) groups excluding carboxylic acids is 1. The van der Waals surface area contributed by atoms with Crippen molar-refractivity contribution >= 4 is 28.5 Å². The van der Waals surface area contributed by atoms with Crippen LogP contribution >= 0.6 is 11.6 Å². The first kappa shape index (κ1) is 28.9. The first-order valence-corrected chi connectivity index (χ1v) is 13.6. The third kappa shape index (κ3) is 6.72. The summed E-state index contributed by atoms with van der Waals surface area (Å²) in [6, 6.07) is 31.2. The fraction of sp³-hybridized carbons (Fsp3) is 0.182. The molecule has 4 aromatic carbocycles. The maximum Gasteiger partial charge on any atom is 0.310 e. The summed E-state index contributed by atoms with van der Waals surface area (Å²) in [6.07, 6.45) is 1.62. The predicted octanol–water partition coefficient (Wildman–Crippen LogP) is 6.76. The molecule has 0 aliphatic rings. The molecule has 0 radical (unpaired) electrons. The molecular weight excluding hydrogens is 524 g/mol. The van der Waals surface area contributed by atoms with E-state index in [2.05, 4.69) is 29.8 Å². The molecule has 0 aliphatic carbocycles. The van der Waals surface area contributed by atoms with Crippen LogP contribution in [0.3, 0.4) is 0 Å². The van der Waals surface area contributed by atoms with E-state index in [0.717, 1.165) is 44.3 Å². The highest BCUT2D eigenvalue weighted by atomic mass is 35.5. The lowest BCUT2D eigenvalue weighted by atomic mass is 9.98. The highest BCUT2D eigenvalue weighted by molar-refractivity contribution is 6.15. The second kappa shape index (κ2) is 13.8. The summed E-state index contributed by atoms with van der Waals surface area (Å²) in [7, 11) is 1.38. The third-order valence-electron chi connectivity index (χ3n) is 6.56. The Hall–Kier alpha value is -4.10. The van der Waals surface area contributed by atoms with Crippen molar-refractivity contribution in [2.75, 3.05) is 13.5 Å². The first-order chi connectivity index (χ1) is 19.6. The van der Waals surface area contributed by atoms with Crippen molar-refractivity contribution in [2.45, 2.75) is 25.6 Å². The normalized spacial score (nSPS) is 11.4. The second-order valence-corrected chi connectivity index (χ2v) is 9.15. The Morgan fingerprint density at radius 1 is 0.900 bits per heavy atom. The molecule has 0 fully saturated rings. The molecule has 0 amide bonds. The zero-order valence-corrected chi connectivity index (χ0v) is 23.4. The van der Waals surface area contributed by atoms with Gasteiger partial charge in [0, 0.05) is 29.4 Å². The van der Waals surface area contributed by atoms with Gasteiger partial charge in [0.25, 0.3) is 0 Å². The van der Waals surface area contributed by atoms with Gasteiger partial charge < -0.3 is 25.4 Å². The maximum absolute atomic E-state index is 11.9. The van der Waals surface area contributed by atoms with E-state index in [4.69, 9.17) is 25.4 Å². The average molecular weight is 557 g/mol. The average Bonchev–Trinajstić information content (AvgIpc) is 3.45. The largest absolute Gasteiger partial charge is 0.489 e. The molecule has 40 heavy (non-hydrogen) atoms. The minimum absolute atomic E-state index is 0.144. The Labute approximate surface area is 239 Å². The molecule has 0 saturated carbocycles. The summed E-state index contributed by atoms with van der Waals surface area (Å²) < 4.78 is 17.4. The Morgan fingerprint density at radius 2 is 1.65 bits per heavy atom. The van der Waals surface area contributed by atoms with E-state index in [0.29, 0.717) is 24.7 Å². The van der Waals surface area contributed by atoms with Gasteiger partial charge in [0.1, 0.15) is 23.7 Å². The molecule has 0 spiro atoms. The summed E-state index contributed by atoms with van der Waals surface area (Å²) in [6.45, 7) is 0.752. The molecule has 0 saturated heterocycles. The molecule has 1 atom stereocenters. The van der Waals surface area contributed by atoms with E-state index in [1.807, 2.05) is 78.9 Å². The van der Waals surface area contributed by atoms with Crippen LogP contribution in [0, 0.1) is 0 Å². The lowest BCUT2D eigenvalue weighted by molar-refractivity contribution is -0.139. The molecule has 206 valence electrons. The van der Waals surface area contributed by atoms with Crippen molar-refractivity contribution in [1.29, 1.82) is 0 Å². The quantitative estimate of drug-likeness (QED) is 0.154. The molecular formula is C33H33ClN2O4. The number of methoxy groups -OCH3 is 1. The van der Waals surface area contributed by atoms with Crippen LogP contribution in [0.25, 0.3) is 22.1 Å². The molecule has 5 rings (SSSR count). The van der Waals surface area contributed by atoms with Gasteiger partial charge in [-0.2, -0.15) is 0 Å². The molecule has 4 N–H and O–H groups in total. The smallest absolute Gasteiger partial charge is 0.310 e. The predicted molar refractivity (Wildman–Crippen MR) is 160 cm³/mol. The van der Waals surface area contributed by atoms with Gasteiger partial charge >= 0.3 is 5.97 Å². The topological polar surface area (TPSA) is 101 Å². The number of para-hydroxylation sites is 1. The molecule has 1 heterocycles. The number of carbonyl (C=O) groups is 1. The molecule has 6 nitrogen and oxygen atoms in total.